The van der Waals surface area contributed by atoms with E-state index in [2.05, 4.69) is 22.2 Å². The van der Waals surface area contributed by atoms with Crippen molar-refractivity contribution >= 4 is 17.5 Å². The van der Waals surface area contributed by atoms with Gasteiger partial charge in [-0.05, 0) is 61.2 Å². The van der Waals surface area contributed by atoms with E-state index in [9.17, 15) is 9.59 Å². The minimum absolute atomic E-state index is 0.0518. The van der Waals surface area contributed by atoms with Gasteiger partial charge in [0.25, 0.3) is 5.82 Å². The Hall–Kier alpha value is -4.59. The third kappa shape index (κ3) is 5.57. The molecule has 0 saturated heterocycles. The molecule has 3 aromatic rings. The molecule has 5 rings (SSSR count). The number of carbonyl (C=O) groups excluding carboxylic acids is 2. The lowest BCUT2D eigenvalue weighted by molar-refractivity contribution is -0.361. The molecule has 1 aromatic heterocycles. The summed E-state index contributed by atoms with van der Waals surface area (Å²) in [4.78, 5) is 30.2. The highest BCUT2D eigenvalue weighted by Gasteiger charge is 2.44. The first-order chi connectivity index (χ1) is 19.4. The van der Waals surface area contributed by atoms with Crippen molar-refractivity contribution in [1.29, 1.82) is 0 Å². The maximum Gasteiger partial charge on any atom is 0.317 e. The highest BCUT2D eigenvalue weighted by molar-refractivity contribution is 6.02. The van der Waals surface area contributed by atoms with Crippen LogP contribution >= 0.6 is 0 Å². The zero-order chi connectivity index (χ0) is 28.2. The number of Topliss-reactive ketones (excluding diaryl/α,β-unsaturated/α-hetero) is 1. The Labute approximate surface area is 234 Å². The molecule has 2 aliphatic rings. The Morgan fingerprint density at radius 2 is 1.90 bits per heavy atom. The van der Waals surface area contributed by atoms with Gasteiger partial charge in [0, 0.05) is 47.0 Å². The number of pyridine rings is 1. The highest BCUT2D eigenvalue weighted by atomic mass is 16.5. The number of anilines is 1. The van der Waals surface area contributed by atoms with Crippen molar-refractivity contribution in [2.45, 2.75) is 38.7 Å². The van der Waals surface area contributed by atoms with Crippen LogP contribution in [-0.4, -0.2) is 25.9 Å². The van der Waals surface area contributed by atoms with Crippen LogP contribution in [0.2, 0.25) is 0 Å². The maximum atomic E-state index is 13.8. The van der Waals surface area contributed by atoms with Gasteiger partial charge in [-0.1, -0.05) is 18.7 Å². The first kappa shape index (κ1) is 27.0. The molecular weight excluding hydrogens is 506 g/mol. The summed E-state index contributed by atoms with van der Waals surface area (Å²) in [6.07, 6.45) is 3.77. The van der Waals surface area contributed by atoms with E-state index in [4.69, 9.17) is 14.2 Å². The molecule has 2 heterocycles. The van der Waals surface area contributed by atoms with E-state index in [0.29, 0.717) is 40.8 Å². The largest absolute Gasteiger partial charge is 0.497 e. The topological polar surface area (TPSA) is 100 Å². The molecule has 0 saturated carbocycles. The molecule has 2 aromatic carbocycles. The monoisotopic (exact) mass is 540 g/mol. The number of allylic oxidation sites excluding steroid dienone is 2. The van der Waals surface area contributed by atoms with Gasteiger partial charge in [0.05, 0.1) is 20.4 Å². The second kappa shape index (κ2) is 11.7. The van der Waals surface area contributed by atoms with Gasteiger partial charge < -0.3 is 19.5 Å². The van der Waals surface area contributed by atoms with Crippen molar-refractivity contribution < 1.29 is 28.8 Å². The first-order valence-corrected chi connectivity index (χ1v) is 13.3. The Morgan fingerprint density at radius 1 is 1.07 bits per heavy atom. The number of rotatable bonds is 8. The van der Waals surface area contributed by atoms with E-state index in [1.54, 1.807) is 14.2 Å². The van der Waals surface area contributed by atoms with Crippen LogP contribution in [0.3, 0.4) is 0 Å². The lowest BCUT2D eigenvalue weighted by atomic mass is 9.71. The fourth-order valence-corrected chi connectivity index (χ4v) is 5.41. The van der Waals surface area contributed by atoms with E-state index >= 15 is 0 Å². The lowest BCUT2D eigenvalue weighted by Gasteiger charge is -2.37. The van der Waals surface area contributed by atoms with Gasteiger partial charge in [-0.15, -0.1) is 0 Å². The number of amides is 1. The molecule has 0 spiro atoms. The van der Waals surface area contributed by atoms with E-state index in [-0.39, 0.29) is 18.3 Å². The van der Waals surface area contributed by atoms with Crippen molar-refractivity contribution in [2.75, 3.05) is 19.5 Å². The number of carbonyl (C=O) groups is 2. The Balaban J connectivity index is 1.52. The van der Waals surface area contributed by atoms with Crippen molar-refractivity contribution in [2.24, 2.45) is 5.92 Å². The van der Waals surface area contributed by atoms with E-state index in [1.807, 2.05) is 67.7 Å². The summed E-state index contributed by atoms with van der Waals surface area (Å²) in [6, 6.07) is 16.9. The van der Waals surface area contributed by atoms with Crippen LogP contribution in [0.5, 0.6) is 17.2 Å². The second-order valence-electron chi connectivity index (χ2n) is 10.1. The van der Waals surface area contributed by atoms with Crippen LogP contribution in [0, 0.1) is 12.8 Å². The van der Waals surface area contributed by atoms with Crippen molar-refractivity contribution in [1.82, 2.24) is 5.32 Å². The molecule has 1 amide bonds. The van der Waals surface area contributed by atoms with E-state index in [0.717, 1.165) is 35.2 Å². The van der Waals surface area contributed by atoms with E-state index in [1.165, 1.54) is 0 Å². The third-order valence-corrected chi connectivity index (χ3v) is 7.40. The molecule has 0 fully saturated rings. The first-order valence-electron chi connectivity index (χ1n) is 13.3. The fourth-order valence-electron chi connectivity index (χ4n) is 5.41. The molecule has 206 valence electrons. The number of hydrogen-bond acceptors (Lipinski definition) is 6. The number of aromatic amines is 1. The molecule has 2 atom stereocenters. The van der Waals surface area contributed by atoms with Gasteiger partial charge in [-0.2, -0.15) is 0 Å². The SMILES string of the molecule is C=C1NC2=C(C(=O)CCC2)C(c2ccc(OC)c(COc3cccc(OC)c3)c2)C1C(=O)Nc1ccc(C)c[nH+]1. The van der Waals surface area contributed by atoms with Crippen molar-refractivity contribution in [3.8, 4) is 17.2 Å². The van der Waals surface area contributed by atoms with Crippen LogP contribution in [0.1, 0.15) is 41.9 Å². The summed E-state index contributed by atoms with van der Waals surface area (Å²) in [5.74, 6) is 1.15. The Kier molecular flexibility index (Phi) is 7.86. The molecule has 8 heteroatoms. The zero-order valence-corrected chi connectivity index (χ0v) is 23.0. The van der Waals surface area contributed by atoms with Gasteiger partial charge in [0.15, 0.2) is 5.78 Å². The predicted octanol–water partition coefficient (Wildman–Crippen LogP) is 4.87. The van der Waals surface area contributed by atoms with E-state index < -0.39 is 11.8 Å². The maximum absolute atomic E-state index is 13.8. The third-order valence-electron chi connectivity index (χ3n) is 7.40. The Bertz CT molecular complexity index is 1480. The molecule has 3 N–H and O–H groups in total. The molecule has 40 heavy (non-hydrogen) atoms. The molecule has 2 unspecified atom stereocenters. The number of ketones is 1. The summed E-state index contributed by atoms with van der Waals surface area (Å²) in [6.45, 7) is 6.42. The number of ether oxygens (including phenoxy) is 3. The van der Waals surface area contributed by atoms with Gasteiger partial charge >= 0.3 is 5.91 Å². The second-order valence-corrected chi connectivity index (χ2v) is 10.1. The molecule has 8 nitrogen and oxygen atoms in total. The Morgan fingerprint density at radius 3 is 2.65 bits per heavy atom. The number of aromatic nitrogens is 1. The zero-order valence-electron chi connectivity index (χ0n) is 23.0. The predicted molar refractivity (Wildman–Crippen MR) is 151 cm³/mol. The number of hydrogen-bond donors (Lipinski definition) is 2. The summed E-state index contributed by atoms with van der Waals surface area (Å²) in [7, 11) is 3.22. The average molecular weight is 541 g/mol. The van der Waals surface area contributed by atoms with Crippen LogP contribution in [0.25, 0.3) is 0 Å². The van der Waals surface area contributed by atoms with Crippen molar-refractivity contribution in [3.63, 3.8) is 0 Å². The summed E-state index contributed by atoms with van der Waals surface area (Å²) < 4.78 is 17.0. The van der Waals surface area contributed by atoms with Crippen LogP contribution in [0.15, 0.2) is 84.3 Å². The number of H-pyrrole nitrogens is 1. The molecule has 1 aliphatic carbocycles. The number of benzene rings is 2. The minimum atomic E-state index is -0.712. The van der Waals surface area contributed by atoms with Gasteiger partial charge in [-0.25, -0.2) is 15.1 Å². The summed E-state index contributed by atoms with van der Waals surface area (Å²) in [5.41, 5.74) is 4.72. The standard InChI is InChI=1S/C32H33N3O5/c1-19-11-14-28(33-17-19)35-32(37)29-20(2)34-25-9-6-10-26(36)31(25)30(29)21-12-13-27(39-4)22(15-21)18-40-24-8-5-7-23(16-24)38-3/h5,7-8,11-17,29-30,34H,2,6,9-10,18H2,1,3-4H3,(H,33,35,37)/p+1. The minimum Gasteiger partial charge on any atom is -0.497 e. The quantitative estimate of drug-likeness (QED) is 0.423. The average Bonchev–Trinajstić information content (AvgIpc) is 2.96. The highest BCUT2D eigenvalue weighted by Crippen LogP contribution is 2.45. The normalized spacial score (nSPS) is 18.5. The molecule has 0 radical (unpaired) electrons. The number of nitrogens with one attached hydrogen (secondary N) is 3. The summed E-state index contributed by atoms with van der Waals surface area (Å²) in [5, 5.41) is 6.28. The van der Waals surface area contributed by atoms with Gasteiger partial charge in [-0.3, -0.25) is 4.79 Å². The molecular formula is C32H34N3O5+. The fraction of sp³-hybridized carbons (Fsp3) is 0.281. The smallest absolute Gasteiger partial charge is 0.317 e. The van der Waals surface area contributed by atoms with Crippen LogP contribution in [0.4, 0.5) is 5.82 Å². The van der Waals surface area contributed by atoms with Gasteiger partial charge in [0.2, 0.25) is 0 Å². The number of methoxy groups -OCH3 is 2. The van der Waals surface area contributed by atoms with Gasteiger partial charge in [0.1, 0.15) is 29.8 Å². The van der Waals surface area contributed by atoms with Crippen LogP contribution < -0.4 is 29.8 Å². The molecule has 0 bridgehead atoms. The van der Waals surface area contributed by atoms with Crippen molar-refractivity contribution in [3.05, 3.63) is 101 Å². The summed E-state index contributed by atoms with van der Waals surface area (Å²) >= 11 is 0. The lowest BCUT2D eigenvalue weighted by Crippen LogP contribution is -2.43. The number of aryl methyl sites for hydroxylation is 1. The van der Waals surface area contributed by atoms with Crippen LogP contribution in [-0.2, 0) is 16.2 Å². The molecule has 1 aliphatic heterocycles.